The van der Waals surface area contributed by atoms with E-state index < -0.39 is 0 Å². The van der Waals surface area contributed by atoms with Gasteiger partial charge >= 0.3 is 0 Å². The molecule has 0 aromatic heterocycles. The van der Waals surface area contributed by atoms with E-state index >= 15 is 0 Å². The highest BCUT2D eigenvalue weighted by atomic mass is 14.9. The number of nitrogens with one attached hydrogen (secondary N) is 1. The Kier molecular flexibility index (Phi) is 4.12. The molecular formula is C20H25N. The number of aryl methyl sites for hydroxylation is 4. The molecule has 2 aromatic carbocycles. The predicted octanol–water partition coefficient (Wildman–Crippen LogP) is 4.30. The first kappa shape index (κ1) is 14.3. The highest BCUT2D eigenvalue weighted by molar-refractivity contribution is 5.38. The molecule has 1 aliphatic carbocycles. The van der Waals surface area contributed by atoms with Gasteiger partial charge in [0.25, 0.3) is 0 Å². The molecule has 0 heterocycles. The van der Waals surface area contributed by atoms with Gasteiger partial charge in [0.2, 0.25) is 0 Å². The van der Waals surface area contributed by atoms with Gasteiger partial charge in [0.15, 0.2) is 0 Å². The largest absolute Gasteiger partial charge is 0.313 e. The summed E-state index contributed by atoms with van der Waals surface area (Å²) < 4.78 is 0. The monoisotopic (exact) mass is 279 g/mol. The Morgan fingerprint density at radius 2 is 1.81 bits per heavy atom. The molecule has 3 rings (SSSR count). The lowest BCUT2D eigenvalue weighted by Crippen LogP contribution is -2.20. The number of benzene rings is 2. The third kappa shape index (κ3) is 3.03. The summed E-state index contributed by atoms with van der Waals surface area (Å²) >= 11 is 0. The van der Waals surface area contributed by atoms with Gasteiger partial charge in [-0.1, -0.05) is 42.0 Å². The topological polar surface area (TPSA) is 12.0 Å². The van der Waals surface area contributed by atoms with Crippen LogP contribution in [-0.2, 0) is 19.3 Å². The van der Waals surface area contributed by atoms with Crippen molar-refractivity contribution >= 4 is 0 Å². The average molecular weight is 279 g/mol. The molecule has 110 valence electrons. The second-order valence-electron chi connectivity index (χ2n) is 6.36. The van der Waals surface area contributed by atoms with Crippen molar-refractivity contribution < 1.29 is 0 Å². The fraction of sp³-hybridized carbons (Fsp3) is 0.400. The van der Waals surface area contributed by atoms with Crippen LogP contribution in [0, 0.1) is 13.8 Å². The zero-order valence-electron chi connectivity index (χ0n) is 13.4. The molecular weight excluding hydrogens is 254 g/mol. The van der Waals surface area contributed by atoms with Gasteiger partial charge in [0.1, 0.15) is 0 Å². The molecule has 21 heavy (non-hydrogen) atoms. The van der Waals surface area contributed by atoms with Crippen LogP contribution in [0.25, 0.3) is 0 Å². The summed E-state index contributed by atoms with van der Waals surface area (Å²) in [4.78, 5) is 0. The minimum absolute atomic E-state index is 0.393. The first-order chi connectivity index (χ1) is 10.2. The van der Waals surface area contributed by atoms with Crippen LogP contribution in [0.2, 0.25) is 0 Å². The van der Waals surface area contributed by atoms with Gasteiger partial charge in [-0.2, -0.15) is 0 Å². The fourth-order valence-corrected chi connectivity index (χ4v) is 3.49. The molecule has 1 heteroatoms. The molecule has 0 saturated carbocycles. The van der Waals surface area contributed by atoms with E-state index in [1.807, 2.05) is 0 Å². The molecule has 0 saturated heterocycles. The molecule has 0 aliphatic heterocycles. The molecule has 1 N–H and O–H groups in total. The van der Waals surface area contributed by atoms with Crippen molar-refractivity contribution in [1.29, 1.82) is 0 Å². The molecule has 1 unspecified atom stereocenters. The predicted molar refractivity (Wildman–Crippen MR) is 89.9 cm³/mol. The number of fused-ring (bicyclic) bond motifs is 1. The van der Waals surface area contributed by atoms with Crippen LogP contribution in [0.3, 0.4) is 0 Å². The van der Waals surface area contributed by atoms with Crippen molar-refractivity contribution in [2.24, 2.45) is 0 Å². The van der Waals surface area contributed by atoms with Crippen LogP contribution in [-0.4, -0.2) is 7.05 Å². The van der Waals surface area contributed by atoms with Gasteiger partial charge in [-0.3, -0.25) is 0 Å². The van der Waals surface area contributed by atoms with E-state index in [9.17, 15) is 0 Å². The summed E-state index contributed by atoms with van der Waals surface area (Å²) in [5.41, 5.74) is 8.73. The lowest BCUT2D eigenvalue weighted by molar-refractivity contribution is 0.588. The molecule has 0 radical (unpaired) electrons. The van der Waals surface area contributed by atoms with Gasteiger partial charge in [-0.15, -0.1) is 0 Å². The highest BCUT2D eigenvalue weighted by Gasteiger charge is 2.15. The summed E-state index contributed by atoms with van der Waals surface area (Å²) in [7, 11) is 2.07. The van der Waals surface area contributed by atoms with Crippen molar-refractivity contribution in [2.45, 2.75) is 45.6 Å². The molecule has 1 aliphatic rings. The van der Waals surface area contributed by atoms with Gasteiger partial charge in [0, 0.05) is 6.04 Å². The van der Waals surface area contributed by atoms with E-state index in [-0.39, 0.29) is 0 Å². The minimum Gasteiger partial charge on any atom is -0.313 e. The van der Waals surface area contributed by atoms with E-state index in [4.69, 9.17) is 0 Å². The van der Waals surface area contributed by atoms with Gasteiger partial charge in [-0.25, -0.2) is 0 Å². The van der Waals surface area contributed by atoms with Crippen molar-refractivity contribution in [3.05, 3.63) is 69.8 Å². The van der Waals surface area contributed by atoms with E-state index in [1.165, 1.54) is 41.5 Å². The fourth-order valence-electron chi connectivity index (χ4n) is 3.49. The number of rotatable bonds is 4. The number of hydrogen-bond donors (Lipinski definition) is 1. The Balaban J connectivity index is 1.86. The van der Waals surface area contributed by atoms with E-state index in [1.54, 1.807) is 11.1 Å². The van der Waals surface area contributed by atoms with Crippen LogP contribution >= 0.6 is 0 Å². The Bertz CT molecular complexity index is 642. The second kappa shape index (κ2) is 6.03. The molecule has 0 bridgehead atoms. The van der Waals surface area contributed by atoms with Crippen molar-refractivity contribution in [1.82, 2.24) is 5.32 Å². The van der Waals surface area contributed by atoms with Crippen molar-refractivity contribution in [3.63, 3.8) is 0 Å². The zero-order valence-corrected chi connectivity index (χ0v) is 13.4. The normalized spacial score (nSPS) is 15.0. The number of likely N-dealkylation sites (N-methyl/N-ethyl adjacent to an activating group) is 1. The second-order valence-corrected chi connectivity index (χ2v) is 6.36. The summed E-state index contributed by atoms with van der Waals surface area (Å²) in [6.07, 6.45) is 4.91. The van der Waals surface area contributed by atoms with Crippen molar-refractivity contribution in [3.8, 4) is 0 Å². The van der Waals surface area contributed by atoms with Crippen LogP contribution in [0.15, 0.2) is 36.4 Å². The van der Waals surface area contributed by atoms with Crippen LogP contribution < -0.4 is 5.32 Å². The summed E-state index contributed by atoms with van der Waals surface area (Å²) in [6, 6.07) is 14.2. The van der Waals surface area contributed by atoms with Gasteiger partial charge in [0.05, 0.1) is 0 Å². The Hall–Kier alpha value is -1.60. The summed E-state index contributed by atoms with van der Waals surface area (Å²) in [6.45, 7) is 4.38. The zero-order chi connectivity index (χ0) is 14.8. The first-order valence-corrected chi connectivity index (χ1v) is 8.02. The molecule has 0 amide bonds. The smallest absolute Gasteiger partial charge is 0.0361 e. The Labute approximate surface area is 128 Å². The third-order valence-corrected chi connectivity index (χ3v) is 4.76. The van der Waals surface area contributed by atoms with Gasteiger partial charge < -0.3 is 5.32 Å². The molecule has 0 fully saturated rings. The minimum atomic E-state index is 0.393. The van der Waals surface area contributed by atoms with E-state index in [0.717, 1.165) is 6.42 Å². The molecule has 1 atom stereocenters. The average Bonchev–Trinajstić information content (AvgIpc) is 2.95. The molecule has 0 spiro atoms. The van der Waals surface area contributed by atoms with Crippen molar-refractivity contribution in [2.75, 3.05) is 7.05 Å². The maximum Gasteiger partial charge on any atom is 0.0361 e. The quantitative estimate of drug-likeness (QED) is 0.880. The Morgan fingerprint density at radius 3 is 2.62 bits per heavy atom. The highest BCUT2D eigenvalue weighted by Crippen LogP contribution is 2.27. The van der Waals surface area contributed by atoms with Crippen LogP contribution in [0.5, 0.6) is 0 Å². The maximum absolute atomic E-state index is 3.50. The summed E-state index contributed by atoms with van der Waals surface area (Å²) in [5.74, 6) is 0. The maximum atomic E-state index is 3.50. The van der Waals surface area contributed by atoms with Crippen LogP contribution in [0.1, 0.15) is 45.8 Å². The summed E-state index contributed by atoms with van der Waals surface area (Å²) in [5, 5.41) is 3.50. The van der Waals surface area contributed by atoms with E-state index in [0.29, 0.717) is 6.04 Å². The lowest BCUT2D eigenvalue weighted by Gasteiger charge is -2.20. The Morgan fingerprint density at radius 1 is 1.00 bits per heavy atom. The van der Waals surface area contributed by atoms with Gasteiger partial charge in [-0.05, 0) is 74.4 Å². The SMILES string of the molecule is CNC(Cc1ccc2c(c1)CCC2)c1cc(C)ccc1C. The standard InChI is InChI=1S/C20H25N/c1-14-7-8-15(2)19(11-14)20(21-3)13-16-9-10-17-5-4-6-18(17)12-16/h7-12,20-21H,4-6,13H2,1-3H3. The molecule has 1 nitrogen and oxygen atoms in total. The molecule has 2 aromatic rings. The van der Waals surface area contributed by atoms with E-state index in [2.05, 4.69) is 62.6 Å². The number of hydrogen-bond acceptors (Lipinski definition) is 1. The first-order valence-electron chi connectivity index (χ1n) is 8.02. The third-order valence-electron chi connectivity index (χ3n) is 4.76. The lowest BCUT2D eigenvalue weighted by atomic mass is 9.93. The van der Waals surface area contributed by atoms with Crippen LogP contribution in [0.4, 0.5) is 0 Å².